The number of aromatic nitrogens is 2. The van der Waals surface area contributed by atoms with Gasteiger partial charge in [-0.2, -0.15) is 5.10 Å². The minimum atomic E-state index is -0.132. The van der Waals surface area contributed by atoms with Crippen molar-refractivity contribution in [1.82, 2.24) is 14.7 Å². The summed E-state index contributed by atoms with van der Waals surface area (Å²) in [6.45, 7) is 7.05. The summed E-state index contributed by atoms with van der Waals surface area (Å²) >= 11 is 0. The Morgan fingerprint density at radius 3 is 2.89 bits per heavy atom. The van der Waals surface area contributed by atoms with Crippen molar-refractivity contribution in [2.75, 3.05) is 0 Å². The van der Waals surface area contributed by atoms with Crippen molar-refractivity contribution in [3.05, 3.63) is 18.0 Å². The molecular formula is C13H22N4O. The fourth-order valence-corrected chi connectivity index (χ4v) is 2.74. The molecule has 0 spiro atoms. The highest BCUT2D eigenvalue weighted by molar-refractivity contribution is 5.80. The Hall–Kier alpha value is -1.36. The smallest absolute Gasteiger partial charge is 0.225 e. The van der Waals surface area contributed by atoms with Crippen LogP contribution in [-0.2, 0) is 11.3 Å². The SMILES string of the molecule is CCCn1nccc1C1C(N)CC(=O)N1C(C)C. The molecule has 2 heterocycles. The van der Waals surface area contributed by atoms with Crippen LogP contribution >= 0.6 is 0 Å². The molecule has 100 valence electrons. The fraction of sp³-hybridized carbons (Fsp3) is 0.692. The topological polar surface area (TPSA) is 64.2 Å². The molecule has 1 amide bonds. The predicted octanol–water partition coefficient (Wildman–Crippen LogP) is 1.30. The van der Waals surface area contributed by atoms with Crippen molar-refractivity contribution in [2.24, 2.45) is 5.73 Å². The second-order valence-electron chi connectivity index (χ2n) is 5.19. The maximum atomic E-state index is 12.0. The summed E-state index contributed by atoms with van der Waals surface area (Å²) in [4.78, 5) is 13.9. The second kappa shape index (κ2) is 5.10. The van der Waals surface area contributed by atoms with Gasteiger partial charge >= 0.3 is 0 Å². The molecule has 5 heteroatoms. The molecular weight excluding hydrogens is 228 g/mol. The molecule has 18 heavy (non-hydrogen) atoms. The average molecular weight is 250 g/mol. The Bertz CT molecular complexity index is 426. The van der Waals surface area contributed by atoms with Crippen LogP contribution in [0.1, 0.15) is 45.3 Å². The second-order valence-corrected chi connectivity index (χ2v) is 5.19. The first-order valence-electron chi connectivity index (χ1n) is 6.64. The van der Waals surface area contributed by atoms with Crippen LogP contribution in [0.2, 0.25) is 0 Å². The molecule has 0 aromatic carbocycles. The lowest BCUT2D eigenvalue weighted by Crippen LogP contribution is -2.38. The van der Waals surface area contributed by atoms with E-state index in [2.05, 4.69) is 12.0 Å². The van der Waals surface area contributed by atoms with E-state index in [1.807, 2.05) is 29.5 Å². The number of rotatable bonds is 4. The van der Waals surface area contributed by atoms with Crippen LogP contribution < -0.4 is 5.73 Å². The molecule has 5 nitrogen and oxygen atoms in total. The van der Waals surface area contributed by atoms with Gasteiger partial charge in [-0.05, 0) is 26.3 Å². The zero-order valence-corrected chi connectivity index (χ0v) is 11.3. The van der Waals surface area contributed by atoms with Crippen molar-refractivity contribution in [3.8, 4) is 0 Å². The number of hydrogen-bond acceptors (Lipinski definition) is 3. The van der Waals surface area contributed by atoms with E-state index in [1.54, 1.807) is 6.20 Å². The Balaban J connectivity index is 2.34. The molecule has 0 radical (unpaired) electrons. The lowest BCUT2D eigenvalue weighted by atomic mass is 10.1. The van der Waals surface area contributed by atoms with Gasteiger partial charge in [-0.1, -0.05) is 6.92 Å². The maximum Gasteiger partial charge on any atom is 0.225 e. The first kappa shape index (κ1) is 13.1. The molecule has 0 bridgehead atoms. The van der Waals surface area contributed by atoms with Crippen molar-refractivity contribution >= 4 is 5.91 Å². The summed E-state index contributed by atoms with van der Waals surface area (Å²) < 4.78 is 1.97. The van der Waals surface area contributed by atoms with Gasteiger partial charge in [0.2, 0.25) is 5.91 Å². The van der Waals surface area contributed by atoms with Crippen LogP contribution in [0.15, 0.2) is 12.3 Å². The van der Waals surface area contributed by atoms with E-state index in [-0.39, 0.29) is 24.0 Å². The van der Waals surface area contributed by atoms with Crippen LogP contribution in [0.5, 0.6) is 0 Å². The quantitative estimate of drug-likeness (QED) is 0.876. The third-order valence-electron chi connectivity index (χ3n) is 3.45. The molecule has 1 saturated heterocycles. The molecule has 0 saturated carbocycles. The maximum absolute atomic E-state index is 12.0. The molecule has 2 N–H and O–H groups in total. The molecule has 2 atom stereocenters. The Kier molecular flexibility index (Phi) is 3.71. The highest BCUT2D eigenvalue weighted by Crippen LogP contribution is 2.33. The van der Waals surface area contributed by atoms with Gasteiger partial charge in [0.15, 0.2) is 0 Å². The zero-order valence-electron chi connectivity index (χ0n) is 11.3. The van der Waals surface area contributed by atoms with Gasteiger partial charge in [0.25, 0.3) is 0 Å². The lowest BCUT2D eigenvalue weighted by molar-refractivity contribution is -0.130. The van der Waals surface area contributed by atoms with E-state index in [1.165, 1.54) is 0 Å². The van der Waals surface area contributed by atoms with Crippen molar-refractivity contribution in [2.45, 2.75) is 58.3 Å². The number of amides is 1. The molecule has 1 fully saturated rings. The Morgan fingerprint density at radius 2 is 2.28 bits per heavy atom. The minimum absolute atomic E-state index is 0.0356. The number of hydrogen-bond donors (Lipinski definition) is 1. The van der Waals surface area contributed by atoms with Gasteiger partial charge < -0.3 is 10.6 Å². The largest absolute Gasteiger partial charge is 0.330 e. The fourth-order valence-electron chi connectivity index (χ4n) is 2.74. The van der Waals surface area contributed by atoms with Crippen LogP contribution in [0.4, 0.5) is 0 Å². The first-order chi connectivity index (χ1) is 8.56. The van der Waals surface area contributed by atoms with Crippen molar-refractivity contribution < 1.29 is 4.79 Å². The lowest BCUT2D eigenvalue weighted by Gasteiger charge is -2.30. The number of carbonyl (C=O) groups excluding carboxylic acids is 1. The van der Waals surface area contributed by atoms with Gasteiger partial charge in [0, 0.05) is 31.2 Å². The summed E-state index contributed by atoms with van der Waals surface area (Å²) in [5.74, 6) is 0.145. The predicted molar refractivity (Wildman–Crippen MR) is 69.8 cm³/mol. The van der Waals surface area contributed by atoms with E-state index in [4.69, 9.17) is 5.73 Å². The normalized spacial score (nSPS) is 24.3. The highest BCUT2D eigenvalue weighted by atomic mass is 16.2. The van der Waals surface area contributed by atoms with Crippen LogP contribution in [0, 0.1) is 0 Å². The first-order valence-corrected chi connectivity index (χ1v) is 6.64. The molecule has 1 aliphatic heterocycles. The summed E-state index contributed by atoms with van der Waals surface area (Å²) in [6.07, 6.45) is 3.24. The van der Waals surface area contributed by atoms with Crippen molar-refractivity contribution in [3.63, 3.8) is 0 Å². The molecule has 0 aliphatic carbocycles. The van der Waals surface area contributed by atoms with E-state index in [9.17, 15) is 4.79 Å². The summed E-state index contributed by atoms with van der Waals surface area (Å²) in [6, 6.07) is 1.98. The molecule has 2 rings (SSSR count). The van der Waals surface area contributed by atoms with E-state index < -0.39 is 0 Å². The average Bonchev–Trinajstić information content (AvgIpc) is 2.83. The van der Waals surface area contributed by atoms with E-state index in [0.29, 0.717) is 6.42 Å². The molecule has 2 unspecified atom stereocenters. The van der Waals surface area contributed by atoms with E-state index >= 15 is 0 Å². The molecule has 1 aromatic rings. The van der Waals surface area contributed by atoms with E-state index in [0.717, 1.165) is 18.7 Å². The Morgan fingerprint density at radius 1 is 1.56 bits per heavy atom. The number of nitrogens with zero attached hydrogens (tertiary/aromatic N) is 3. The number of likely N-dealkylation sites (tertiary alicyclic amines) is 1. The molecule has 1 aliphatic rings. The monoisotopic (exact) mass is 250 g/mol. The summed E-state index contributed by atoms with van der Waals surface area (Å²) in [5, 5.41) is 4.33. The number of nitrogens with two attached hydrogens (primary N) is 1. The third-order valence-corrected chi connectivity index (χ3v) is 3.45. The minimum Gasteiger partial charge on any atom is -0.330 e. The van der Waals surface area contributed by atoms with Gasteiger partial charge in [-0.25, -0.2) is 0 Å². The Labute approximate surface area is 108 Å². The molecule has 1 aromatic heterocycles. The summed E-state index contributed by atoms with van der Waals surface area (Å²) in [7, 11) is 0. The highest BCUT2D eigenvalue weighted by Gasteiger charge is 2.41. The van der Waals surface area contributed by atoms with Gasteiger partial charge in [0.1, 0.15) is 0 Å². The van der Waals surface area contributed by atoms with Crippen molar-refractivity contribution in [1.29, 1.82) is 0 Å². The third kappa shape index (κ3) is 2.14. The van der Waals surface area contributed by atoms with Gasteiger partial charge in [-0.15, -0.1) is 0 Å². The van der Waals surface area contributed by atoms with Crippen LogP contribution in [-0.4, -0.2) is 32.7 Å². The number of aryl methyl sites for hydroxylation is 1. The standard InChI is InChI=1S/C13H22N4O/c1-4-7-16-11(5-6-15-16)13-10(14)8-12(18)17(13)9(2)3/h5-6,9-10,13H,4,7-8,14H2,1-3H3. The van der Waals surface area contributed by atoms with Crippen LogP contribution in [0.25, 0.3) is 0 Å². The van der Waals surface area contributed by atoms with Gasteiger partial charge in [0.05, 0.1) is 11.7 Å². The number of carbonyl (C=O) groups is 1. The zero-order chi connectivity index (χ0) is 13.3. The van der Waals surface area contributed by atoms with Gasteiger partial charge in [-0.3, -0.25) is 9.48 Å². The summed E-state index contributed by atoms with van der Waals surface area (Å²) in [5.41, 5.74) is 7.21. The van der Waals surface area contributed by atoms with Crippen LogP contribution in [0.3, 0.4) is 0 Å².